The fourth-order valence-electron chi connectivity index (χ4n) is 2.95. The second-order valence-corrected chi connectivity index (χ2v) is 5.61. The highest BCUT2D eigenvalue weighted by Crippen LogP contribution is 2.38. The quantitative estimate of drug-likeness (QED) is 0.424. The minimum Gasteiger partial charge on any atom is -0.459 e. The second-order valence-electron chi connectivity index (χ2n) is 5.05. The van der Waals surface area contributed by atoms with E-state index in [0.717, 1.165) is 6.29 Å². The zero-order chi connectivity index (χ0) is 12.7. The summed E-state index contributed by atoms with van der Waals surface area (Å²) >= 11 is 6.19. The van der Waals surface area contributed by atoms with Crippen molar-refractivity contribution in [1.82, 2.24) is 0 Å². The van der Waals surface area contributed by atoms with E-state index < -0.39 is 0 Å². The zero-order valence-corrected chi connectivity index (χ0v) is 10.5. The summed E-state index contributed by atoms with van der Waals surface area (Å²) in [5.41, 5.74) is 0. The van der Waals surface area contributed by atoms with Gasteiger partial charge in [0.25, 0.3) is 0 Å². The number of hydrogen-bond donors (Lipinski definition) is 0. The van der Waals surface area contributed by atoms with Crippen LogP contribution in [-0.2, 0) is 23.8 Å². The number of rotatable bonds is 2. The van der Waals surface area contributed by atoms with Gasteiger partial charge in [-0.15, -0.1) is 11.6 Å². The molecule has 0 aromatic rings. The summed E-state index contributed by atoms with van der Waals surface area (Å²) in [5, 5.41) is -0.217. The molecule has 0 bridgehead atoms. The van der Waals surface area contributed by atoms with Crippen LogP contribution >= 0.6 is 11.6 Å². The van der Waals surface area contributed by atoms with Crippen LogP contribution in [0.5, 0.6) is 0 Å². The van der Waals surface area contributed by atoms with Crippen molar-refractivity contribution in [3.63, 3.8) is 0 Å². The lowest BCUT2D eigenvalue weighted by Crippen LogP contribution is -2.53. The van der Waals surface area contributed by atoms with E-state index in [1.165, 1.54) is 0 Å². The van der Waals surface area contributed by atoms with Crippen molar-refractivity contribution in [2.45, 2.75) is 61.6 Å². The molecule has 6 atom stereocenters. The molecule has 0 aromatic heterocycles. The van der Waals surface area contributed by atoms with Crippen LogP contribution in [0.15, 0.2) is 0 Å². The molecular weight excluding hydrogens is 260 g/mol. The lowest BCUT2D eigenvalue weighted by Gasteiger charge is -2.44. The smallest absolute Gasteiger partial charge is 0.308 e. The first-order valence-electron chi connectivity index (χ1n) is 6.25. The SMILES string of the molecule is O=CC[C@@H]1O[C@@H]2C[C@@H]3OC(=O)C[C@@H]3O[C@@H]2C[C@@H]1Cl. The Morgan fingerprint density at radius 2 is 1.94 bits per heavy atom. The summed E-state index contributed by atoms with van der Waals surface area (Å²) in [6.45, 7) is 0. The third-order valence-corrected chi connectivity index (χ3v) is 4.29. The fraction of sp³-hybridized carbons (Fsp3) is 0.833. The van der Waals surface area contributed by atoms with Crippen molar-refractivity contribution in [1.29, 1.82) is 0 Å². The van der Waals surface area contributed by atoms with E-state index in [-0.39, 0.29) is 41.9 Å². The third kappa shape index (κ3) is 2.15. The van der Waals surface area contributed by atoms with Crippen molar-refractivity contribution in [2.75, 3.05) is 0 Å². The summed E-state index contributed by atoms with van der Waals surface area (Å²) < 4.78 is 16.8. The second kappa shape index (κ2) is 4.79. The molecule has 3 aliphatic rings. The van der Waals surface area contributed by atoms with Crippen molar-refractivity contribution < 1.29 is 23.8 Å². The van der Waals surface area contributed by atoms with E-state index >= 15 is 0 Å². The molecule has 0 amide bonds. The predicted octanol–water partition coefficient (Wildman–Crippen LogP) is 0.813. The summed E-state index contributed by atoms with van der Waals surface area (Å²) in [6, 6.07) is 0. The van der Waals surface area contributed by atoms with E-state index in [4.69, 9.17) is 25.8 Å². The number of carbonyl (C=O) groups excluding carboxylic acids is 2. The largest absolute Gasteiger partial charge is 0.459 e. The van der Waals surface area contributed by atoms with Crippen molar-refractivity contribution in [3.8, 4) is 0 Å². The zero-order valence-electron chi connectivity index (χ0n) is 9.79. The number of esters is 1. The Bertz CT molecular complexity index is 356. The molecule has 0 aliphatic carbocycles. The molecule has 3 heterocycles. The van der Waals surface area contributed by atoms with Gasteiger partial charge in [0, 0.05) is 12.8 Å². The van der Waals surface area contributed by atoms with Gasteiger partial charge in [-0.05, 0) is 6.42 Å². The molecule has 6 heteroatoms. The summed E-state index contributed by atoms with van der Waals surface area (Å²) in [7, 11) is 0. The first-order chi connectivity index (χ1) is 8.67. The molecule has 0 aromatic carbocycles. The van der Waals surface area contributed by atoms with Crippen LogP contribution in [0.4, 0.5) is 0 Å². The van der Waals surface area contributed by atoms with E-state index in [1.807, 2.05) is 0 Å². The van der Waals surface area contributed by atoms with Gasteiger partial charge < -0.3 is 19.0 Å². The van der Waals surface area contributed by atoms with Crippen LogP contribution < -0.4 is 0 Å². The van der Waals surface area contributed by atoms with Gasteiger partial charge in [0.2, 0.25) is 0 Å². The van der Waals surface area contributed by atoms with E-state index in [1.54, 1.807) is 0 Å². The maximum atomic E-state index is 11.2. The first-order valence-corrected chi connectivity index (χ1v) is 6.69. The number of halogens is 1. The molecular formula is C12H15ClO5. The Morgan fingerprint density at radius 3 is 2.72 bits per heavy atom. The number of alkyl halides is 1. The van der Waals surface area contributed by atoms with Crippen LogP contribution in [0.1, 0.15) is 25.7 Å². The van der Waals surface area contributed by atoms with E-state index in [0.29, 0.717) is 25.7 Å². The molecule has 3 fully saturated rings. The standard InChI is InChI=1S/C12H15ClO5/c13-6-3-8-9(16-7(6)1-2-14)4-10-11(17-8)5-12(15)18-10/h2,6-11H,1,3-5H2/t6-,7-,8+,9+,10-,11-/m0/s1. The third-order valence-electron chi connectivity index (χ3n) is 3.83. The molecule has 0 radical (unpaired) electrons. The molecule has 3 rings (SSSR count). The Morgan fingerprint density at radius 1 is 1.17 bits per heavy atom. The fourth-order valence-corrected chi connectivity index (χ4v) is 3.29. The number of hydrogen-bond acceptors (Lipinski definition) is 5. The molecule has 3 aliphatic heterocycles. The summed E-state index contributed by atoms with van der Waals surface area (Å²) in [4.78, 5) is 21.8. The first kappa shape index (κ1) is 12.4. The highest BCUT2D eigenvalue weighted by molar-refractivity contribution is 6.21. The van der Waals surface area contributed by atoms with Gasteiger partial charge in [-0.25, -0.2) is 0 Å². The average molecular weight is 275 g/mol. The van der Waals surface area contributed by atoms with Gasteiger partial charge in [-0.3, -0.25) is 4.79 Å². The molecule has 0 spiro atoms. The van der Waals surface area contributed by atoms with Crippen LogP contribution in [0.2, 0.25) is 0 Å². The van der Waals surface area contributed by atoms with E-state index in [2.05, 4.69) is 0 Å². The average Bonchev–Trinajstić information content (AvgIpc) is 2.67. The number of ether oxygens (including phenoxy) is 3. The van der Waals surface area contributed by atoms with Gasteiger partial charge in [0.1, 0.15) is 18.5 Å². The molecule has 5 nitrogen and oxygen atoms in total. The number of carbonyl (C=O) groups is 2. The Kier molecular flexibility index (Phi) is 3.30. The van der Waals surface area contributed by atoms with Crippen LogP contribution in [0, 0.1) is 0 Å². The molecule has 100 valence electrons. The van der Waals surface area contributed by atoms with Crippen LogP contribution in [-0.4, -0.2) is 48.2 Å². The minimum absolute atomic E-state index is 0.0915. The molecule has 0 unspecified atom stereocenters. The lowest BCUT2D eigenvalue weighted by atomic mass is 9.91. The van der Waals surface area contributed by atoms with Gasteiger partial charge >= 0.3 is 5.97 Å². The Labute approximate surface area is 110 Å². The van der Waals surface area contributed by atoms with Gasteiger partial charge in [0.05, 0.1) is 30.1 Å². The molecule has 0 N–H and O–H groups in total. The van der Waals surface area contributed by atoms with Gasteiger partial charge in [-0.1, -0.05) is 0 Å². The van der Waals surface area contributed by atoms with Crippen molar-refractivity contribution in [3.05, 3.63) is 0 Å². The maximum absolute atomic E-state index is 11.2. The monoisotopic (exact) mass is 274 g/mol. The lowest BCUT2D eigenvalue weighted by molar-refractivity contribution is -0.206. The topological polar surface area (TPSA) is 61.8 Å². The number of aldehydes is 1. The van der Waals surface area contributed by atoms with E-state index in [9.17, 15) is 9.59 Å². The van der Waals surface area contributed by atoms with Gasteiger partial charge in [0.15, 0.2) is 0 Å². The maximum Gasteiger partial charge on any atom is 0.308 e. The Balaban J connectivity index is 1.68. The highest BCUT2D eigenvalue weighted by atomic mass is 35.5. The summed E-state index contributed by atoms with van der Waals surface area (Å²) in [6.07, 6.45) is 1.89. The van der Waals surface area contributed by atoms with Gasteiger partial charge in [-0.2, -0.15) is 0 Å². The van der Waals surface area contributed by atoms with Crippen molar-refractivity contribution in [2.24, 2.45) is 0 Å². The highest BCUT2D eigenvalue weighted by Gasteiger charge is 2.49. The predicted molar refractivity (Wildman–Crippen MR) is 61.4 cm³/mol. The minimum atomic E-state index is -0.261. The molecule has 3 saturated heterocycles. The normalized spacial score (nSPS) is 47.1. The van der Waals surface area contributed by atoms with Crippen LogP contribution in [0.3, 0.4) is 0 Å². The van der Waals surface area contributed by atoms with Crippen LogP contribution in [0.25, 0.3) is 0 Å². The summed E-state index contributed by atoms with van der Waals surface area (Å²) in [5.74, 6) is -0.212. The molecule has 18 heavy (non-hydrogen) atoms. The molecule has 0 saturated carbocycles. The Hall–Kier alpha value is -0.650. The van der Waals surface area contributed by atoms with Crippen molar-refractivity contribution >= 4 is 23.9 Å². The number of fused-ring (bicyclic) bond motifs is 2.